The van der Waals surface area contributed by atoms with E-state index in [9.17, 15) is 20.0 Å². The molecule has 1 atom stereocenters. The Kier molecular flexibility index (Phi) is 3.48. The first-order valence-electron chi connectivity index (χ1n) is 5.47. The average Bonchev–Trinajstić information content (AvgIpc) is 2.73. The normalized spacial score (nSPS) is 17.4. The molecule has 0 radical (unpaired) electrons. The number of aliphatic hydroxyl groups is 1. The van der Waals surface area contributed by atoms with Gasteiger partial charge in [-0.05, 0) is 6.92 Å². The van der Waals surface area contributed by atoms with Crippen molar-refractivity contribution in [1.29, 1.82) is 0 Å². The van der Waals surface area contributed by atoms with Crippen molar-refractivity contribution in [3.63, 3.8) is 0 Å². The van der Waals surface area contributed by atoms with Crippen LogP contribution in [0.3, 0.4) is 0 Å². The summed E-state index contributed by atoms with van der Waals surface area (Å²) in [4.78, 5) is 24.0. The van der Waals surface area contributed by atoms with Crippen molar-refractivity contribution in [3.05, 3.63) is 21.1 Å². The molecule has 8 heteroatoms. The van der Waals surface area contributed by atoms with Gasteiger partial charge in [0.15, 0.2) is 5.00 Å². The van der Waals surface area contributed by atoms with Crippen LogP contribution in [0.15, 0.2) is 6.07 Å². The minimum Gasteiger partial charge on any atom is -0.388 e. The summed E-state index contributed by atoms with van der Waals surface area (Å²) < 4.78 is 0. The SMILES string of the molecule is C[C@@H](O)c1cc([N+](=O)[O-])c(N2CCNC(=O)C2)s1. The highest BCUT2D eigenvalue weighted by Gasteiger charge is 2.28. The van der Waals surface area contributed by atoms with E-state index in [1.807, 2.05) is 0 Å². The molecule has 1 amide bonds. The van der Waals surface area contributed by atoms with Crippen molar-refractivity contribution < 1.29 is 14.8 Å². The number of amides is 1. The second-order valence-corrected chi connectivity index (χ2v) is 5.11. The highest BCUT2D eigenvalue weighted by Crippen LogP contribution is 2.40. The monoisotopic (exact) mass is 271 g/mol. The zero-order chi connectivity index (χ0) is 13.3. The molecule has 1 aromatic rings. The third kappa shape index (κ3) is 2.44. The predicted molar refractivity (Wildman–Crippen MR) is 66.8 cm³/mol. The number of nitrogens with one attached hydrogen (secondary N) is 1. The van der Waals surface area contributed by atoms with E-state index in [-0.39, 0.29) is 18.1 Å². The van der Waals surface area contributed by atoms with E-state index in [0.29, 0.717) is 23.0 Å². The van der Waals surface area contributed by atoms with Crippen LogP contribution in [0.25, 0.3) is 0 Å². The van der Waals surface area contributed by atoms with Gasteiger partial charge in [-0.2, -0.15) is 0 Å². The summed E-state index contributed by atoms with van der Waals surface area (Å²) in [5.74, 6) is -0.150. The van der Waals surface area contributed by atoms with Crippen molar-refractivity contribution in [2.24, 2.45) is 0 Å². The predicted octanol–water partition coefficient (Wildman–Crippen LogP) is 0.646. The Hall–Kier alpha value is -1.67. The Bertz CT molecular complexity index is 485. The van der Waals surface area contributed by atoms with Crippen molar-refractivity contribution in [2.45, 2.75) is 13.0 Å². The highest BCUT2D eigenvalue weighted by atomic mass is 32.1. The lowest BCUT2D eigenvalue weighted by atomic mass is 10.3. The summed E-state index contributed by atoms with van der Waals surface area (Å²) in [6, 6.07) is 1.37. The Labute approximate surface area is 107 Å². The first-order valence-corrected chi connectivity index (χ1v) is 6.28. The number of piperazine rings is 1. The largest absolute Gasteiger partial charge is 0.388 e. The number of carbonyl (C=O) groups excluding carboxylic acids is 1. The van der Waals surface area contributed by atoms with E-state index >= 15 is 0 Å². The van der Waals surface area contributed by atoms with Gasteiger partial charge in [-0.15, -0.1) is 11.3 Å². The maximum Gasteiger partial charge on any atom is 0.304 e. The molecule has 0 spiro atoms. The van der Waals surface area contributed by atoms with E-state index in [0.717, 1.165) is 11.3 Å². The summed E-state index contributed by atoms with van der Waals surface area (Å²) in [6.45, 7) is 2.67. The number of carbonyl (C=O) groups is 1. The van der Waals surface area contributed by atoms with E-state index in [4.69, 9.17) is 0 Å². The summed E-state index contributed by atoms with van der Waals surface area (Å²) in [7, 11) is 0. The van der Waals surface area contributed by atoms with Gasteiger partial charge in [0.1, 0.15) is 0 Å². The van der Waals surface area contributed by atoms with Crippen molar-refractivity contribution in [1.82, 2.24) is 5.32 Å². The molecule has 2 rings (SSSR count). The Morgan fingerprint density at radius 3 is 2.94 bits per heavy atom. The van der Waals surface area contributed by atoms with E-state index < -0.39 is 11.0 Å². The van der Waals surface area contributed by atoms with E-state index in [2.05, 4.69) is 5.32 Å². The minimum absolute atomic E-state index is 0.0504. The smallest absolute Gasteiger partial charge is 0.304 e. The van der Waals surface area contributed by atoms with Crippen molar-refractivity contribution in [2.75, 3.05) is 24.5 Å². The quantitative estimate of drug-likeness (QED) is 0.621. The van der Waals surface area contributed by atoms with Crippen molar-refractivity contribution in [3.8, 4) is 0 Å². The lowest BCUT2D eigenvalue weighted by molar-refractivity contribution is -0.383. The zero-order valence-corrected chi connectivity index (χ0v) is 10.6. The lowest BCUT2D eigenvalue weighted by Gasteiger charge is -2.26. The molecule has 2 heterocycles. The van der Waals surface area contributed by atoms with Crippen LogP contribution in [-0.2, 0) is 4.79 Å². The third-order valence-electron chi connectivity index (χ3n) is 2.65. The molecule has 0 saturated carbocycles. The molecule has 18 heavy (non-hydrogen) atoms. The first kappa shape index (κ1) is 12.8. The summed E-state index contributed by atoms with van der Waals surface area (Å²) in [5, 5.41) is 23.6. The molecule has 0 unspecified atom stereocenters. The van der Waals surface area contributed by atoms with Gasteiger partial charge in [0.2, 0.25) is 5.91 Å². The summed E-state index contributed by atoms with van der Waals surface area (Å²) >= 11 is 1.16. The number of aliphatic hydroxyl groups excluding tert-OH is 1. The molecule has 1 fully saturated rings. The topological polar surface area (TPSA) is 95.7 Å². The zero-order valence-electron chi connectivity index (χ0n) is 9.75. The van der Waals surface area contributed by atoms with Gasteiger partial charge in [-0.1, -0.05) is 0 Å². The molecule has 2 N–H and O–H groups in total. The Balaban J connectivity index is 2.35. The van der Waals surface area contributed by atoms with Gasteiger partial charge < -0.3 is 15.3 Å². The number of nitro groups is 1. The second-order valence-electron chi connectivity index (χ2n) is 4.04. The van der Waals surface area contributed by atoms with Gasteiger partial charge in [0, 0.05) is 24.0 Å². The van der Waals surface area contributed by atoms with Gasteiger partial charge in [-0.3, -0.25) is 14.9 Å². The first-order chi connectivity index (χ1) is 8.49. The number of rotatable bonds is 3. The van der Waals surface area contributed by atoms with Gasteiger partial charge in [0.25, 0.3) is 0 Å². The molecule has 1 saturated heterocycles. The van der Waals surface area contributed by atoms with E-state index in [1.54, 1.807) is 11.8 Å². The van der Waals surface area contributed by atoms with Crippen LogP contribution >= 0.6 is 11.3 Å². The van der Waals surface area contributed by atoms with Gasteiger partial charge in [0.05, 0.1) is 17.6 Å². The van der Waals surface area contributed by atoms with Crippen molar-refractivity contribution >= 4 is 27.9 Å². The number of thiophene rings is 1. The third-order valence-corrected chi connectivity index (χ3v) is 4.00. The maximum absolute atomic E-state index is 11.3. The molecule has 1 aliphatic rings. The van der Waals surface area contributed by atoms with Crippen LogP contribution < -0.4 is 10.2 Å². The fraction of sp³-hybridized carbons (Fsp3) is 0.500. The molecule has 0 aromatic carbocycles. The second kappa shape index (κ2) is 4.91. The summed E-state index contributed by atoms with van der Waals surface area (Å²) in [6.07, 6.45) is -0.749. The fourth-order valence-electron chi connectivity index (χ4n) is 1.77. The number of nitrogens with zero attached hydrogens (tertiary/aromatic N) is 2. The maximum atomic E-state index is 11.3. The molecule has 7 nitrogen and oxygen atoms in total. The van der Waals surface area contributed by atoms with Crippen LogP contribution in [0.5, 0.6) is 0 Å². The molecular formula is C10H13N3O4S. The molecule has 1 aromatic heterocycles. The minimum atomic E-state index is -0.749. The number of hydrogen-bond acceptors (Lipinski definition) is 6. The van der Waals surface area contributed by atoms with Crippen LogP contribution in [-0.4, -0.2) is 35.6 Å². The Morgan fingerprint density at radius 1 is 1.67 bits per heavy atom. The molecule has 0 bridgehead atoms. The molecule has 0 aliphatic carbocycles. The van der Waals surface area contributed by atoms with Crippen LogP contribution in [0.4, 0.5) is 10.7 Å². The Morgan fingerprint density at radius 2 is 2.39 bits per heavy atom. The molecule has 1 aliphatic heterocycles. The molecular weight excluding hydrogens is 258 g/mol. The standard InChI is InChI=1S/C10H13N3O4S/c1-6(14)8-4-7(13(16)17)10(18-8)12-3-2-11-9(15)5-12/h4,6,14H,2-3,5H2,1H3,(H,11,15)/t6-/m1/s1. The van der Waals surface area contributed by atoms with E-state index in [1.165, 1.54) is 6.07 Å². The summed E-state index contributed by atoms with van der Waals surface area (Å²) in [5.41, 5.74) is -0.0504. The number of hydrogen-bond donors (Lipinski definition) is 2. The highest BCUT2D eigenvalue weighted by molar-refractivity contribution is 7.16. The number of anilines is 1. The van der Waals surface area contributed by atoms with Crippen LogP contribution in [0, 0.1) is 10.1 Å². The lowest BCUT2D eigenvalue weighted by Crippen LogP contribution is -2.47. The fourth-order valence-corrected chi connectivity index (χ4v) is 2.85. The molecule has 98 valence electrons. The van der Waals surface area contributed by atoms with Crippen LogP contribution in [0.1, 0.15) is 17.9 Å². The van der Waals surface area contributed by atoms with Gasteiger partial charge >= 0.3 is 5.69 Å². The van der Waals surface area contributed by atoms with Crippen LogP contribution in [0.2, 0.25) is 0 Å². The van der Waals surface area contributed by atoms with Gasteiger partial charge in [-0.25, -0.2) is 0 Å². The average molecular weight is 271 g/mol.